The zero-order valence-corrected chi connectivity index (χ0v) is 18.9. The normalized spacial score (nSPS) is 13.3. The number of aromatic nitrogens is 2. The highest BCUT2D eigenvalue weighted by atomic mass is 32.2. The van der Waals surface area contributed by atoms with Gasteiger partial charge in [0.25, 0.3) is 0 Å². The summed E-state index contributed by atoms with van der Waals surface area (Å²) in [6.45, 7) is 11.4. The largest absolute Gasteiger partial charge is 0.357 e. The van der Waals surface area contributed by atoms with E-state index in [4.69, 9.17) is 4.99 Å². The fourth-order valence-corrected chi connectivity index (χ4v) is 3.66. The van der Waals surface area contributed by atoms with Gasteiger partial charge in [-0.1, -0.05) is 19.1 Å². The third kappa shape index (κ3) is 7.53. The maximum atomic E-state index is 11.5. The minimum absolute atomic E-state index is 0.348. The molecule has 0 bridgehead atoms. The van der Waals surface area contributed by atoms with E-state index in [1.165, 1.54) is 11.9 Å². The van der Waals surface area contributed by atoms with Crippen molar-refractivity contribution in [2.24, 2.45) is 10.9 Å². The number of benzene rings is 1. The zero-order valence-electron chi connectivity index (χ0n) is 18.1. The Morgan fingerprint density at radius 1 is 1.21 bits per heavy atom. The highest BCUT2D eigenvalue weighted by Gasteiger charge is 2.08. The Hall–Kier alpha value is -2.35. The molecule has 0 aliphatic heterocycles. The van der Waals surface area contributed by atoms with Gasteiger partial charge in [0, 0.05) is 38.1 Å². The number of aliphatic imine (C=N–C) groups is 1. The van der Waals surface area contributed by atoms with Gasteiger partial charge in [-0.2, -0.15) is 5.10 Å². The van der Waals surface area contributed by atoms with Gasteiger partial charge >= 0.3 is 0 Å². The molecule has 0 amide bonds. The first-order valence-corrected chi connectivity index (χ1v) is 11.9. The average molecular weight is 420 g/mol. The Bertz CT molecular complexity index is 917. The van der Waals surface area contributed by atoms with Crippen molar-refractivity contribution in [3.05, 3.63) is 47.3 Å². The van der Waals surface area contributed by atoms with Crippen molar-refractivity contribution in [3.8, 4) is 0 Å². The van der Waals surface area contributed by atoms with Gasteiger partial charge < -0.3 is 10.6 Å². The monoisotopic (exact) mass is 419 g/mol. The van der Waals surface area contributed by atoms with Gasteiger partial charge in [-0.05, 0) is 56.9 Å². The molecule has 2 aromatic rings. The lowest BCUT2D eigenvalue weighted by atomic mass is 10.1. The molecular weight excluding hydrogens is 386 g/mol. The first-order valence-electron chi connectivity index (χ1n) is 10.0. The molecule has 0 saturated carbocycles. The van der Waals surface area contributed by atoms with Crippen LogP contribution in [-0.2, 0) is 22.8 Å². The van der Waals surface area contributed by atoms with Crippen molar-refractivity contribution >= 4 is 15.8 Å². The van der Waals surface area contributed by atoms with Gasteiger partial charge in [0.1, 0.15) is 0 Å². The van der Waals surface area contributed by atoms with E-state index >= 15 is 0 Å². The van der Waals surface area contributed by atoms with Crippen molar-refractivity contribution in [2.45, 2.75) is 45.6 Å². The van der Waals surface area contributed by atoms with Gasteiger partial charge in [0.15, 0.2) is 15.8 Å². The first kappa shape index (κ1) is 22.9. The number of hydrogen-bond acceptors (Lipinski definition) is 4. The van der Waals surface area contributed by atoms with E-state index in [1.807, 2.05) is 30.7 Å². The van der Waals surface area contributed by atoms with E-state index < -0.39 is 9.84 Å². The Morgan fingerprint density at radius 3 is 2.45 bits per heavy atom. The van der Waals surface area contributed by atoms with Crippen LogP contribution in [0.2, 0.25) is 0 Å². The topological polar surface area (TPSA) is 88.4 Å². The Balaban J connectivity index is 1.86. The molecule has 0 saturated heterocycles. The second-order valence-electron chi connectivity index (χ2n) is 7.53. The Morgan fingerprint density at radius 2 is 1.90 bits per heavy atom. The lowest BCUT2D eigenvalue weighted by molar-refractivity contribution is 0.449. The molecule has 1 aromatic heterocycles. The lowest BCUT2D eigenvalue weighted by Crippen LogP contribution is -2.38. The second kappa shape index (κ2) is 10.4. The molecule has 1 heterocycles. The second-order valence-corrected chi connectivity index (χ2v) is 9.54. The summed E-state index contributed by atoms with van der Waals surface area (Å²) in [5.74, 6) is 1.16. The van der Waals surface area contributed by atoms with Crippen LogP contribution in [0.1, 0.15) is 30.8 Å². The molecule has 8 heteroatoms. The predicted molar refractivity (Wildman–Crippen MR) is 118 cm³/mol. The summed E-state index contributed by atoms with van der Waals surface area (Å²) >= 11 is 0. The van der Waals surface area contributed by atoms with Crippen molar-refractivity contribution in [2.75, 3.05) is 25.9 Å². The van der Waals surface area contributed by atoms with Gasteiger partial charge in [-0.3, -0.25) is 9.67 Å². The van der Waals surface area contributed by atoms with Crippen LogP contribution in [0.4, 0.5) is 0 Å². The molecule has 0 fully saturated rings. The molecule has 0 aliphatic rings. The van der Waals surface area contributed by atoms with Crippen molar-refractivity contribution < 1.29 is 8.42 Å². The number of hydrogen-bond donors (Lipinski definition) is 2. The molecule has 0 radical (unpaired) electrons. The fraction of sp³-hybridized carbons (Fsp3) is 0.524. The van der Waals surface area contributed by atoms with E-state index in [0.29, 0.717) is 17.4 Å². The molecule has 7 nitrogen and oxygen atoms in total. The number of sulfone groups is 1. The Kier molecular flexibility index (Phi) is 8.25. The van der Waals surface area contributed by atoms with Gasteiger partial charge in [-0.25, -0.2) is 8.42 Å². The molecule has 2 rings (SSSR count). The maximum Gasteiger partial charge on any atom is 0.191 e. The van der Waals surface area contributed by atoms with E-state index in [2.05, 4.69) is 35.6 Å². The number of nitrogens with one attached hydrogen (secondary N) is 2. The number of rotatable bonds is 9. The maximum absolute atomic E-state index is 11.5. The van der Waals surface area contributed by atoms with Crippen LogP contribution in [0.5, 0.6) is 0 Å². The van der Waals surface area contributed by atoms with Crippen LogP contribution in [0.3, 0.4) is 0 Å². The summed E-state index contributed by atoms with van der Waals surface area (Å²) in [4.78, 5) is 5.05. The summed E-state index contributed by atoms with van der Waals surface area (Å²) in [5, 5.41) is 11.1. The summed E-state index contributed by atoms with van der Waals surface area (Å²) in [7, 11) is -3.15. The van der Waals surface area contributed by atoms with Crippen LogP contribution < -0.4 is 10.6 Å². The third-order valence-electron chi connectivity index (χ3n) is 4.55. The van der Waals surface area contributed by atoms with Crippen LogP contribution >= 0.6 is 0 Å². The number of nitrogens with zero attached hydrogens (tertiary/aromatic N) is 3. The molecule has 29 heavy (non-hydrogen) atoms. The fourth-order valence-electron chi connectivity index (χ4n) is 3.03. The highest BCUT2D eigenvalue weighted by molar-refractivity contribution is 7.90. The molecule has 1 unspecified atom stereocenters. The first-order chi connectivity index (χ1) is 13.7. The van der Waals surface area contributed by atoms with E-state index in [1.54, 1.807) is 12.1 Å². The molecule has 1 aromatic carbocycles. The van der Waals surface area contributed by atoms with Crippen LogP contribution in [0.15, 0.2) is 40.2 Å². The predicted octanol–water partition coefficient (Wildman–Crippen LogP) is 2.34. The Labute approximate surface area is 174 Å². The number of guanidine groups is 1. The van der Waals surface area contributed by atoms with Crippen LogP contribution in [0, 0.1) is 19.8 Å². The molecule has 0 spiro atoms. The summed E-state index contributed by atoms with van der Waals surface area (Å²) < 4.78 is 25.1. The van der Waals surface area contributed by atoms with E-state index in [0.717, 1.165) is 43.3 Å². The van der Waals surface area contributed by atoms with Crippen LogP contribution in [-0.4, -0.2) is 50.0 Å². The van der Waals surface area contributed by atoms with Crippen molar-refractivity contribution in [3.63, 3.8) is 0 Å². The molecule has 2 N–H and O–H groups in total. The minimum Gasteiger partial charge on any atom is -0.357 e. The smallest absolute Gasteiger partial charge is 0.191 e. The van der Waals surface area contributed by atoms with Gasteiger partial charge in [-0.15, -0.1) is 0 Å². The molecule has 1 atom stereocenters. The molecule has 160 valence electrons. The average Bonchev–Trinajstić information content (AvgIpc) is 2.96. The number of aryl methyl sites for hydroxylation is 2. The van der Waals surface area contributed by atoms with E-state index in [-0.39, 0.29) is 0 Å². The third-order valence-corrected chi connectivity index (χ3v) is 5.68. The van der Waals surface area contributed by atoms with Gasteiger partial charge in [0.05, 0.1) is 10.6 Å². The quantitative estimate of drug-likeness (QED) is 0.481. The van der Waals surface area contributed by atoms with Gasteiger partial charge in [0.2, 0.25) is 0 Å². The minimum atomic E-state index is -3.15. The summed E-state index contributed by atoms with van der Waals surface area (Å²) in [6, 6.07) is 9.12. The highest BCUT2D eigenvalue weighted by Crippen LogP contribution is 2.10. The van der Waals surface area contributed by atoms with E-state index in [9.17, 15) is 8.42 Å². The van der Waals surface area contributed by atoms with Crippen LogP contribution in [0.25, 0.3) is 0 Å². The SMILES string of the molecule is CCNC(=NCC(C)Cn1nc(C)cc1C)NCCc1ccc(S(C)(=O)=O)cc1. The van der Waals surface area contributed by atoms with Crippen molar-refractivity contribution in [1.82, 2.24) is 20.4 Å². The zero-order chi connectivity index (χ0) is 21.4. The summed E-state index contributed by atoms with van der Waals surface area (Å²) in [5.41, 5.74) is 3.29. The standard InChI is InChI=1S/C21H33N5O2S/c1-6-22-21(24-14-16(2)15-26-18(4)13-17(3)25-26)23-12-11-19-7-9-20(10-8-19)29(5,27)28/h7-10,13,16H,6,11-12,14-15H2,1-5H3,(H2,22,23,24). The summed E-state index contributed by atoms with van der Waals surface area (Å²) in [6.07, 6.45) is 2.01. The van der Waals surface area contributed by atoms with Crippen molar-refractivity contribution in [1.29, 1.82) is 0 Å². The molecular formula is C21H33N5O2S. The molecule has 0 aliphatic carbocycles. The lowest BCUT2D eigenvalue weighted by Gasteiger charge is -2.14.